The zero-order valence-electron chi connectivity index (χ0n) is 15.3. The van der Waals surface area contributed by atoms with E-state index >= 15 is 0 Å². The Morgan fingerprint density at radius 1 is 1.08 bits per heavy atom. The van der Waals surface area contributed by atoms with Crippen molar-refractivity contribution in [3.05, 3.63) is 0 Å². The van der Waals surface area contributed by atoms with Gasteiger partial charge in [0.05, 0.1) is 0 Å². The summed E-state index contributed by atoms with van der Waals surface area (Å²) in [6.45, 7) is 2.00. The smallest absolute Gasteiger partial charge is 0.325 e. The van der Waals surface area contributed by atoms with Gasteiger partial charge in [0, 0.05) is 6.04 Å². The first kappa shape index (κ1) is 18.2. The minimum absolute atomic E-state index is 0.157. The highest BCUT2D eigenvalue weighted by Gasteiger charge is 2.50. The summed E-state index contributed by atoms with van der Waals surface area (Å²) in [5, 5.41) is 5.95. The average Bonchev–Trinajstić information content (AvgIpc) is 2.78. The Morgan fingerprint density at radius 3 is 2.40 bits per heavy atom. The van der Waals surface area contributed by atoms with Gasteiger partial charge in [0.2, 0.25) is 5.91 Å². The highest BCUT2D eigenvalue weighted by atomic mass is 16.2. The molecule has 2 aliphatic carbocycles. The van der Waals surface area contributed by atoms with Crippen LogP contribution < -0.4 is 10.6 Å². The summed E-state index contributed by atoms with van der Waals surface area (Å²) in [4.78, 5) is 38.8. The Morgan fingerprint density at radius 2 is 1.72 bits per heavy atom. The molecular weight excluding hydrogens is 318 g/mol. The minimum atomic E-state index is -0.768. The normalized spacial score (nSPS) is 29.9. The van der Waals surface area contributed by atoms with Gasteiger partial charge in [0.1, 0.15) is 12.1 Å². The average molecular weight is 349 g/mol. The van der Waals surface area contributed by atoms with Crippen molar-refractivity contribution in [3.8, 4) is 0 Å². The first-order valence-electron chi connectivity index (χ1n) is 9.95. The number of amides is 4. The van der Waals surface area contributed by atoms with Gasteiger partial charge >= 0.3 is 6.03 Å². The van der Waals surface area contributed by atoms with Gasteiger partial charge in [-0.05, 0) is 31.6 Å². The number of nitrogens with one attached hydrogen (secondary N) is 2. The van der Waals surface area contributed by atoms with E-state index in [0.717, 1.165) is 49.8 Å². The van der Waals surface area contributed by atoms with E-state index < -0.39 is 11.6 Å². The Balaban J connectivity index is 1.61. The second kappa shape index (κ2) is 7.75. The van der Waals surface area contributed by atoms with Crippen LogP contribution in [0.4, 0.5) is 4.79 Å². The summed E-state index contributed by atoms with van der Waals surface area (Å²) in [6.07, 6.45) is 11.1. The number of hydrogen-bond acceptors (Lipinski definition) is 3. The Kier molecular flexibility index (Phi) is 5.64. The van der Waals surface area contributed by atoms with Gasteiger partial charge in [0.15, 0.2) is 0 Å². The summed E-state index contributed by atoms with van der Waals surface area (Å²) in [6, 6.07) is -0.241. The number of imide groups is 1. The first-order chi connectivity index (χ1) is 12.0. The fourth-order valence-corrected chi connectivity index (χ4v) is 4.59. The van der Waals surface area contributed by atoms with Crippen LogP contribution in [0.15, 0.2) is 0 Å². The number of carbonyl (C=O) groups is 3. The minimum Gasteiger partial charge on any atom is -0.352 e. The number of nitrogens with zero attached hydrogens (tertiary/aromatic N) is 1. The quantitative estimate of drug-likeness (QED) is 0.769. The molecule has 1 saturated heterocycles. The maximum Gasteiger partial charge on any atom is 0.325 e. The van der Waals surface area contributed by atoms with Gasteiger partial charge in [-0.1, -0.05) is 51.9 Å². The molecule has 0 aromatic rings. The number of hydrogen-bond donors (Lipinski definition) is 2. The molecule has 0 bridgehead atoms. The molecule has 0 aromatic carbocycles. The van der Waals surface area contributed by atoms with Crippen molar-refractivity contribution in [2.24, 2.45) is 5.92 Å². The molecule has 6 nitrogen and oxygen atoms in total. The van der Waals surface area contributed by atoms with Crippen molar-refractivity contribution in [2.45, 2.75) is 89.1 Å². The second-order valence-corrected chi connectivity index (χ2v) is 8.11. The summed E-state index contributed by atoms with van der Waals surface area (Å²) in [5.74, 6) is 0.0362. The highest BCUT2D eigenvalue weighted by Crippen LogP contribution is 2.32. The Bertz CT molecular complexity index is 526. The van der Waals surface area contributed by atoms with Crippen LogP contribution in [0.3, 0.4) is 0 Å². The molecule has 3 aliphatic rings. The van der Waals surface area contributed by atoms with Gasteiger partial charge < -0.3 is 10.6 Å². The number of urea groups is 1. The largest absolute Gasteiger partial charge is 0.352 e. The van der Waals surface area contributed by atoms with Crippen molar-refractivity contribution in [1.29, 1.82) is 0 Å². The molecule has 2 N–H and O–H groups in total. The lowest BCUT2D eigenvalue weighted by Gasteiger charge is -2.30. The summed E-state index contributed by atoms with van der Waals surface area (Å²) in [7, 11) is 0. The van der Waals surface area contributed by atoms with Crippen LogP contribution in [0, 0.1) is 5.92 Å². The van der Waals surface area contributed by atoms with E-state index in [1.54, 1.807) is 0 Å². The van der Waals surface area contributed by atoms with Crippen LogP contribution in [0.2, 0.25) is 0 Å². The standard InChI is InChI=1S/C19H31N3O3/c1-14-9-5-6-10-15(14)20-16(23)13-22-17(24)19(21-18(22)25)11-7-3-2-4-8-12-19/h14-15H,2-13H2,1H3,(H,20,23)(H,21,25). The van der Waals surface area contributed by atoms with Crippen LogP contribution in [0.25, 0.3) is 0 Å². The maximum atomic E-state index is 12.9. The molecule has 25 heavy (non-hydrogen) atoms. The molecule has 6 heteroatoms. The van der Waals surface area contributed by atoms with E-state index in [2.05, 4.69) is 17.6 Å². The predicted octanol–water partition coefficient (Wildman–Crippen LogP) is 2.72. The monoisotopic (exact) mass is 349 g/mol. The summed E-state index contributed by atoms with van der Waals surface area (Å²) < 4.78 is 0. The van der Waals surface area contributed by atoms with Crippen LogP contribution in [0.1, 0.15) is 77.6 Å². The molecule has 1 aliphatic heterocycles. The van der Waals surface area contributed by atoms with Crippen LogP contribution in [-0.4, -0.2) is 40.9 Å². The lowest BCUT2D eigenvalue weighted by Crippen LogP contribution is -2.49. The maximum absolute atomic E-state index is 12.9. The third-order valence-electron chi connectivity index (χ3n) is 6.21. The van der Waals surface area contributed by atoms with Gasteiger partial charge in [-0.2, -0.15) is 0 Å². The van der Waals surface area contributed by atoms with Gasteiger partial charge in [-0.25, -0.2) is 4.79 Å². The zero-order chi connectivity index (χ0) is 17.9. The van der Waals surface area contributed by atoms with E-state index in [4.69, 9.17) is 0 Å². The molecule has 4 amide bonds. The van der Waals surface area contributed by atoms with Crippen molar-refractivity contribution in [2.75, 3.05) is 6.54 Å². The summed E-state index contributed by atoms with van der Waals surface area (Å²) in [5.41, 5.74) is -0.768. The number of rotatable bonds is 3. The van der Waals surface area contributed by atoms with Crippen LogP contribution in [0.5, 0.6) is 0 Å². The first-order valence-corrected chi connectivity index (χ1v) is 9.95. The van der Waals surface area contributed by atoms with Crippen LogP contribution >= 0.6 is 0 Å². The van der Waals surface area contributed by atoms with Crippen molar-refractivity contribution in [1.82, 2.24) is 15.5 Å². The zero-order valence-corrected chi connectivity index (χ0v) is 15.3. The van der Waals surface area contributed by atoms with Crippen molar-refractivity contribution < 1.29 is 14.4 Å². The fourth-order valence-electron chi connectivity index (χ4n) is 4.59. The molecule has 2 atom stereocenters. The lowest BCUT2D eigenvalue weighted by atomic mass is 9.84. The number of carbonyl (C=O) groups excluding carboxylic acids is 3. The van der Waals surface area contributed by atoms with E-state index in [-0.39, 0.29) is 24.4 Å². The van der Waals surface area contributed by atoms with E-state index in [9.17, 15) is 14.4 Å². The second-order valence-electron chi connectivity index (χ2n) is 8.11. The molecule has 1 heterocycles. The molecule has 140 valence electrons. The molecule has 1 spiro atoms. The third kappa shape index (κ3) is 3.98. The van der Waals surface area contributed by atoms with Gasteiger partial charge in [0.25, 0.3) is 5.91 Å². The van der Waals surface area contributed by atoms with Crippen molar-refractivity contribution in [3.63, 3.8) is 0 Å². The third-order valence-corrected chi connectivity index (χ3v) is 6.21. The molecule has 2 unspecified atom stereocenters. The SMILES string of the molecule is CC1CCCCC1NC(=O)CN1C(=O)NC2(CCCCCCC2)C1=O. The van der Waals surface area contributed by atoms with Gasteiger partial charge in [-0.3, -0.25) is 14.5 Å². The van der Waals surface area contributed by atoms with Gasteiger partial charge in [-0.15, -0.1) is 0 Å². The van der Waals surface area contributed by atoms with E-state index in [1.807, 2.05) is 0 Å². The lowest BCUT2D eigenvalue weighted by molar-refractivity contribution is -0.135. The fraction of sp³-hybridized carbons (Fsp3) is 0.842. The molecule has 0 aromatic heterocycles. The predicted molar refractivity (Wildman–Crippen MR) is 94.9 cm³/mol. The molecular formula is C19H31N3O3. The molecule has 3 rings (SSSR count). The molecule has 3 fully saturated rings. The molecule has 0 radical (unpaired) electrons. The van der Waals surface area contributed by atoms with E-state index in [1.165, 1.54) is 12.8 Å². The summed E-state index contributed by atoms with van der Waals surface area (Å²) >= 11 is 0. The molecule has 2 saturated carbocycles. The van der Waals surface area contributed by atoms with Crippen molar-refractivity contribution >= 4 is 17.8 Å². The Hall–Kier alpha value is -1.59. The van der Waals surface area contributed by atoms with E-state index in [0.29, 0.717) is 18.8 Å². The topological polar surface area (TPSA) is 78.5 Å². The van der Waals surface area contributed by atoms with Crippen LogP contribution in [-0.2, 0) is 9.59 Å². The highest BCUT2D eigenvalue weighted by molar-refractivity contribution is 6.09. The Labute approximate surface area is 150 Å².